The largest absolute Gasteiger partial charge is 0.497 e. The Morgan fingerprint density at radius 3 is 3.03 bits per heavy atom. The van der Waals surface area contributed by atoms with Crippen molar-refractivity contribution < 1.29 is 9.53 Å². The van der Waals surface area contributed by atoms with Crippen LogP contribution in [0.15, 0.2) is 42.6 Å². The summed E-state index contributed by atoms with van der Waals surface area (Å²) >= 11 is 0. The van der Waals surface area contributed by atoms with E-state index in [9.17, 15) is 4.79 Å². The number of anilines is 3. The highest BCUT2D eigenvalue weighted by atomic mass is 16.5. The number of pyridine rings is 1. The highest BCUT2D eigenvalue weighted by Crippen LogP contribution is 2.25. The average molecular weight is 407 g/mol. The van der Waals surface area contributed by atoms with Crippen molar-refractivity contribution in [2.75, 3.05) is 37.4 Å². The third-order valence-electron chi connectivity index (χ3n) is 4.94. The van der Waals surface area contributed by atoms with E-state index in [4.69, 9.17) is 4.74 Å². The van der Waals surface area contributed by atoms with E-state index in [1.807, 2.05) is 41.3 Å². The first kappa shape index (κ1) is 19.7. The van der Waals surface area contributed by atoms with Crippen molar-refractivity contribution in [3.05, 3.63) is 42.6 Å². The summed E-state index contributed by atoms with van der Waals surface area (Å²) < 4.78 is 5.24. The van der Waals surface area contributed by atoms with Gasteiger partial charge in [0.05, 0.1) is 12.7 Å². The van der Waals surface area contributed by atoms with Crippen LogP contribution in [0.1, 0.15) is 19.3 Å². The maximum Gasteiger partial charge on any atom is 0.246 e. The first-order valence-electron chi connectivity index (χ1n) is 10.0. The van der Waals surface area contributed by atoms with Crippen LogP contribution in [0, 0.1) is 0 Å². The third-order valence-corrected chi connectivity index (χ3v) is 4.94. The molecule has 0 atom stereocenters. The molecule has 2 aromatic heterocycles. The molecule has 0 spiro atoms. The van der Waals surface area contributed by atoms with Crippen molar-refractivity contribution in [3.63, 3.8) is 0 Å². The Morgan fingerprint density at radius 1 is 1.27 bits per heavy atom. The Morgan fingerprint density at radius 2 is 2.20 bits per heavy atom. The van der Waals surface area contributed by atoms with Crippen LogP contribution in [0.3, 0.4) is 0 Å². The van der Waals surface area contributed by atoms with E-state index in [1.54, 1.807) is 13.3 Å². The first-order chi connectivity index (χ1) is 14.7. The van der Waals surface area contributed by atoms with Gasteiger partial charge in [-0.3, -0.25) is 9.89 Å². The van der Waals surface area contributed by atoms with Gasteiger partial charge in [0.15, 0.2) is 5.82 Å². The lowest BCUT2D eigenvalue weighted by molar-refractivity contribution is -0.127. The molecule has 3 N–H and O–H groups in total. The van der Waals surface area contributed by atoms with E-state index < -0.39 is 0 Å². The van der Waals surface area contributed by atoms with E-state index in [1.165, 1.54) is 0 Å². The van der Waals surface area contributed by atoms with Gasteiger partial charge in [0, 0.05) is 44.0 Å². The van der Waals surface area contributed by atoms with E-state index in [-0.39, 0.29) is 5.91 Å². The van der Waals surface area contributed by atoms with Crippen molar-refractivity contribution in [2.24, 2.45) is 0 Å². The fourth-order valence-electron chi connectivity index (χ4n) is 3.42. The lowest BCUT2D eigenvalue weighted by Crippen LogP contribution is -2.27. The second-order valence-electron chi connectivity index (χ2n) is 7.03. The molecule has 156 valence electrons. The standard InChI is InChI=1S/C21H25N7O2/c1-30-16-7-2-6-15(14-16)24-21-25-20(26-27-21)17-8-3-10-22-19(17)23-11-5-13-28-12-4-9-18(28)29/h2-3,6-8,10,14H,4-5,9,11-13H2,1H3,(H,22,23)(H2,24,25,26,27). The predicted molar refractivity (Wildman–Crippen MR) is 115 cm³/mol. The van der Waals surface area contributed by atoms with Gasteiger partial charge in [0.25, 0.3) is 0 Å². The molecule has 0 radical (unpaired) electrons. The van der Waals surface area contributed by atoms with Crippen molar-refractivity contribution in [2.45, 2.75) is 19.3 Å². The number of rotatable bonds is 9. The number of likely N-dealkylation sites (tertiary alicyclic amines) is 1. The molecule has 1 aliphatic heterocycles. The Balaban J connectivity index is 1.39. The zero-order valence-corrected chi connectivity index (χ0v) is 16.9. The fraction of sp³-hybridized carbons (Fsp3) is 0.333. The fourth-order valence-corrected chi connectivity index (χ4v) is 3.42. The molecule has 1 saturated heterocycles. The molecule has 4 rings (SSSR count). The summed E-state index contributed by atoms with van der Waals surface area (Å²) in [5.41, 5.74) is 1.67. The number of benzene rings is 1. The van der Waals surface area contributed by atoms with Gasteiger partial charge in [-0.05, 0) is 37.1 Å². The summed E-state index contributed by atoms with van der Waals surface area (Å²) in [6, 6.07) is 11.4. The molecule has 30 heavy (non-hydrogen) atoms. The Labute approximate surface area is 174 Å². The number of hydrogen-bond acceptors (Lipinski definition) is 7. The molecule has 3 aromatic rings. The lowest BCUT2D eigenvalue weighted by atomic mass is 10.2. The van der Waals surface area contributed by atoms with Crippen LogP contribution in [0.25, 0.3) is 11.4 Å². The van der Waals surface area contributed by atoms with E-state index in [0.717, 1.165) is 55.3 Å². The number of hydrogen-bond donors (Lipinski definition) is 3. The number of nitrogens with one attached hydrogen (secondary N) is 3. The predicted octanol–water partition coefficient (Wildman–Crippen LogP) is 3.04. The summed E-state index contributed by atoms with van der Waals surface area (Å²) in [6.07, 6.45) is 4.24. The number of amides is 1. The Hall–Kier alpha value is -3.62. The molecule has 0 saturated carbocycles. The second-order valence-corrected chi connectivity index (χ2v) is 7.03. The number of carbonyl (C=O) groups is 1. The molecule has 0 aliphatic carbocycles. The normalized spacial score (nSPS) is 13.5. The second kappa shape index (κ2) is 9.25. The molecule has 9 heteroatoms. The molecule has 0 bridgehead atoms. The lowest BCUT2D eigenvalue weighted by Gasteiger charge is -2.15. The van der Waals surface area contributed by atoms with Crippen molar-refractivity contribution in [3.8, 4) is 17.1 Å². The molecule has 1 aromatic carbocycles. The number of methoxy groups -OCH3 is 1. The van der Waals surface area contributed by atoms with Gasteiger partial charge in [-0.25, -0.2) is 4.98 Å². The molecular formula is C21H25N7O2. The maximum absolute atomic E-state index is 11.7. The SMILES string of the molecule is COc1cccc(Nc2n[nH]c(-c3cccnc3NCCCN3CCCC3=O)n2)c1. The van der Waals surface area contributed by atoms with Crippen LogP contribution in [0.4, 0.5) is 17.5 Å². The molecular weight excluding hydrogens is 382 g/mol. The highest BCUT2D eigenvalue weighted by molar-refractivity contribution is 5.78. The van der Waals surface area contributed by atoms with Crippen LogP contribution in [0.2, 0.25) is 0 Å². The summed E-state index contributed by atoms with van der Waals surface area (Å²) in [5.74, 6) is 2.82. The zero-order chi connectivity index (χ0) is 20.8. The Kier molecular flexibility index (Phi) is 6.07. The van der Waals surface area contributed by atoms with Gasteiger partial charge in [-0.15, -0.1) is 5.10 Å². The molecule has 3 heterocycles. The van der Waals surface area contributed by atoms with Crippen LogP contribution >= 0.6 is 0 Å². The van der Waals surface area contributed by atoms with Gasteiger partial charge < -0.3 is 20.3 Å². The minimum Gasteiger partial charge on any atom is -0.497 e. The summed E-state index contributed by atoms with van der Waals surface area (Å²) in [6.45, 7) is 2.36. The Bertz CT molecular complexity index is 1000. The molecule has 0 unspecified atom stereocenters. The number of aromatic amines is 1. The summed E-state index contributed by atoms with van der Waals surface area (Å²) in [5, 5.41) is 13.7. The van der Waals surface area contributed by atoms with Crippen LogP contribution < -0.4 is 15.4 Å². The van der Waals surface area contributed by atoms with Gasteiger partial charge in [-0.1, -0.05) is 6.07 Å². The number of carbonyl (C=O) groups excluding carboxylic acids is 1. The van der Waals surface area contributed by atoms with Crippen molar-refractivity contribution in [1.82, 2.24) is 25.1 Å². The van der Waals surface area contributed by atoms with Gasteiger partial charge in [0.1, 0.15) is 11.6 Å². The molecule has 1 fully saturated rings. The molecule has 9 nitrogen and oxygen atoms in total. The number of nitrogens with zero attached hydrogens (tertiary/aromatic N) is 4. The van der Waals surface area contributed by atoms with E-state index >= 15 is 0 Å². The number of H-pyrrole nitrogens is 1. The van der Waals surface area contributed by atoms with Gasteiger partial charge >= 0.3 is 0 Å². The van der Waals surface area contributed by atoms with Gasteiger partial charge in [-0.2, -0.15) is 4.98 Å². The zero-order valence-electron chi connectivity index (χ0n) is 16.9. The summed E-state index contributed by atoms with van der Waals surface area (Å²) in [4.78, 5) is 22.6. The summed E-state index contributed by atoms with van der Waals surface area (Å²) in [7, 11) is 1.63. The minimum atomic E-state index is 0.256. The molecule has 1 amide bonds. The van der Waals surface area contributed by atoms with Crippen molar-refractivity contribution in [1.29, 1.82) is 0 Å². The average Bonchev–Trinajstić information content (AvgIpc) is 3.40. The van der Waals surface area contributed by atoms with Crippen LogP contribution in [-0.4, -0.2) is 57.7 Å². The van der Waals surface area contributed by atoms with Gasteiger partial charge in [0.2, 0.25) is 11.9 Å². The highest BCUT2D eigenvalue weighted by Gasteiger charge is 2.19. The minimum absolute atomic E-state index is 0.256. The number of ether oxygens (including phenoxy) is 1. The van der Waals surface area contributed by atoms with E-state index in [2.05, 4.69) is 30.8 Å². The van der Waals surface area contributed by atoms with E-state index in [0.29, 0.717) is 18.2 Å². The van der Waals surface area contributed by atoms with Crippen molar-refractivity contribution >= 4 is 23.4 Å². The van der Waals surface area contributed by atoms with Crippen LogP contribution in [-0.2, 0) is 4.79 Å². The monoisotopic (exact) mass is 407 g/mol. The quantitative estimate of drug-likeness (QED) is 0.468. The maximum atomic E-state index is 11.7. The topological polar surface area (TPSA) is 108 Å². The number of aromatic nitrogens is 4. The van der Waals surface area contributed by atoms with Crippen LogP contribution in [0.5, 0.6) is 5.75 Å². The smallest absolute Gasteiger partial charge is 0.246 e. The third kappa shape index (κ3) is 4.68. The molecule has 1 aliphatic rings. The first-order valence-corrected chi connectivity index (χ1v) is 10.0.